The van der Waals surface area contributed by atoms with Crippen LogP contribution in [0.15, 0.2) is 24.3 Å². The van der Waals surface area contributed by atoms with Gasteiger partial charge in [-0.1, -0.05) is 12.1 Å². The summed E-state index contributed by atoms with van der Waals surface area (Å²) in [4.78, 5) is 0. The van der Waals surface area contributed by atoms with Gasteiger partial charge in [0.15, 0.2) is 0 Å². The van der Waals surface area contributed by atoms with Gasteiger partial charge in [-0.25, -0.2) is 0 Å². The fourth-order valence-corrected chi connectivity index (χ4v) is 1.87. The minimum Gasteiger partial charge on any atom is -0.494 e. The Morgan fingerprint density at radius 1 is 1.50 bits per heavy atom. The fourth-order valence-electron chi connectivity index (χ4n) is 1.87. The molecule has 1 fully saturated rings. The Hall–Kier alpha value is -1.06. The van der Waals surface area contributed by atoms with E-state index in [-0.39, 0.29) is 6.10 Å². The Labute approximate surface area is 96.8 Å². The smallest absolute Gasteiger partial charge is 0.119 e. The third-order valence-electron chi connectivity index (χ3n) is 2.74. The van der Waals surface area contributed by atoms with Crippen LogP contribution in [0.1, 0.15) is 25.5 Å². The zero-order valence-electron chi connectivity index (χ0n) is 9.90. The summed E-state index contributed by atoms with van der Waals surface area (Å²) < 4.78 is 11.3. The van der Waals surface area contributed by atoms with Gasteiger partial charge in [-0.05, 0) is 31.5 Å². The van der Waals surface area contributed by atoms with Gasteiger partial charge >= 0.3 is 0 Å². The monoisotopic (exact) mass is 221 g/mol. The molecule has 0 spiro atoms. The molecule has 0 radical (unpaired) electrons. The highest BCUT2D eigenvalue weighted by molar-refractivity contribution is 5.30. The van der Waals surface area contributed by atoms with Crippen molar-refractivity contribution in [1.29, 1.82) is 0 Å². The lowest BCUT2D eigenvalue weighted by atomic mass is 10.1. The molecule has 1 aromatic carbocycles. The Bertz CT molecular complexity index is 332. The summed E-state index contributed by atoms with van der Waals surface area (Å²) in [6.45, 7) is 6.46. The van der Waals surface area contributed by atoms with E-state index in [4.69, 9.17) is 9.47 Å². The average Bonchev–Trinajstić information content (AvgIpc) is 2.31. The molecule has 3 heteroatoms. The molecule has 0 aromatic heterocycles. The highest BCUT2D eigenvalue weighted by atomic mass is 16.5. The molecule has 0 bridgehead atoms. The van der Waals surface area contributed by atoms with Crippen molar-refractivity contribution in [1.82, 2.24) is 5.32 Å². The fraction of sp³-hybridized carbons (Fsp3) is 0.538. The summed E-state index contributed by atoms with van der Waals surface area (Å²) in [6, 6.07) is 8.59. The molecule has 1 aliphatic rings. The van der Waals surface area contributed by atoms with Crippen LogP contribution in [-0.2, 0) is 4.74 Å². The molecule has 1 aromatic rings. The van der Waals surface area contributed by atoms with E-state index in [0.29, 0.717) is 12.6 Å². The van der Waals surface area contributed by atoms with Gasteiger partial charge in [0.1, 0.15) is 5.75 Å². The van der Waals surface area contributed by atoms with Crippen molar-refractivity contribution in [3.63, 3.8) is 0 Å². The van der Waals surface area contributed by atoms with Crippen LogP contribution < -0.4 is 10.1 Å². The molecule has 16 heavy (non-hydrogen) atoms. The lowest BCUT2D eigenvalue weighted by Gasteiger charge is -2.28. The van der Waals surface area contributed by atoms with E-state index in [1.54, 1.807) is 0 Å². The predicted octanol–water partition coefficient (Wildman–Crippen LogP) is 2.13. The van der Waals surface area contributed by atoms with Crippen molar-refractivity contribution in [3.8, 4) is 5.75 Å². The molecule has 1 saturated heterocycles. The van der Waals surface area contributed by atoms with Crippen molar-refractivity contribution >= 4 is 0 Å². The number of rotatable bonds is 3. The van der Waals surface area contributed by atoms with Crippen LogP contribution in [0.4, 0.5) is 0 Å². The van der Waals surface area contributed by atoms with E-state index in [1.807, 2.05) is 19.1 Å². The molecule has 0 saturated carbocycles. The minimum atomic E-state index is 0.150. The largest absolute Gasteiger partial charge is 0.494 e. The normalized spacial score (nSPS) is 25.4. The molecule has 88 valence electrons. The molecular weight excluding hydrogens is 202 g/mol. The molecule has 1 heterocycles. The first kappa shape index (κ1) is 11.4. The molecule has 2 rings (SSSR count). The van der Waals surface area contributed by atoms with E-state index < -0.39 is 0 Å². The quantitative estimate of drug-likeness (QED) is 0.848. The molecule has 3 nitrogen and oxygen atoms in total. The van der Waals surface area contributed by atoms with E-state index in [2.05, 4.69) is 24.4 Å². The lowest BCUT2D eigenvalue weighted by molar-refractivity contribution is 0.00684. The van der Waals surface area contributed by atoms with Crippen LogP contribution in [0.5, 0.6) is 5.75 Å². The summed E-state index contributed by atoms with van der Waals surface area (Å²) in [5.74, 6) is 0.919. The van der Waals surface area contributed by atoms with Gasteiger partial charge in [0.2, 0.25) is 0 Å². The van der Waals surface area contributed by atoms with Gasteiger partial charge in [0.25, 0.3) is 0 Å². The van der Waals surface area contributed by atoms with Crippen LogP contribution in [0.2, 0.25) is 0 Å². The highest BCUT2D eigenvalue weighted by Crippen LogP contribution is 2.23. The number of ether oxygens (including phenoxy) is 2. The Morgan fingerprint density at radius 2 is 2.38 bits per heavy atom. The molecule has 1 N–H and O–H groups in total. The SMILES string of the molecule is CCOc1cccc(C2CNC(C)CO2)c1. The van der Waals surface area contributed by atoms with E-state index in [0.717, 1.165) is 18.9 Å². The maximum absolute atomic E-state index is 5.79. The first-order valence-corrected chi connectivity index (χ1v) is 5.87. The molecule has 0 amide bonds. The van der Waals surface area contributed by atoms with Gasteiger partial charge < -0.3 is 14.8 Å². The number of nitrogens with one attached hydrogen (secondary N) is 1. The van der Waals surface area contributed by atoms with Gasteiger partial charge in [-0.2, -0.15) is 0 Å². The summed E-state index contributed by atoms with van der Waals surface area (Å²) in [6.07, 6.45) is 0.150. The van der Waals surface area contributed by atoms with Crippen molar-refractivity contribution in [2.24, 2.45) is 0 Å². The zero-order valence-corrected chi connectivity index (χ0v) is 9.90. The summed E-state index contributed by atoms with van der Waals surface area (Å²) >= 11 is 0. The molecule has 2 atom stereocenters. The molecule has 2 unspecified atom stereocenters. The lowest BCUT2D eigenvalue weighted by Crippen LogP contribution is -2.40. The van der Waals surface area contributed by atoms with Crippen LogP contribution in [0, 0.1) is 0 Å². The zero-order chi connectivity index (χ0) is 11.4. The number of hydrogen-bond donors (Lipinski definition) is 1. The maximum Gasteiger partial charge on any atom is 0.119 e. The van der Waals surface area contributed by atoms with Crippen LogP contribution >= 0.6 is 0 Å². The van der Waals surface area contributed by atoms with Crippen molar-refractivity contribution in [2.45, 2.75) is 26.0 Å². The second-order valence-corrected chi connectivity index (χ2v) is 4.14. The Morgan fingerprint density at radius 3 is 3.06 bits per heavy atom. The van der Waals surface area contributed by atoms with Crippen molar-refractivity contribution in [3.05, 3.63) is 29.8 Å². The van der Waals surface area contributed by atoms with Gasteiger partial charge in [0, 0.05) is 12.6 Å². The summed E-state index contributed by atoms with van der Waals surface area (Å²) in [7, 11) is 0. The number of hydrogen-bond acceptors (Lipinski definition) is 3. The van der Waals surface area contributed by atoms with Crippen LogP contribution in [0.25, 0.3) is 0 Å². The first-order chi connectivity index (χ1) is 7.79. The minimum absolute atomic E-state index is 0.150. The maximum atomic E-state index is 5.79. The van der Waals surface area contributed by atoms with E-state index in [1.165, 1.54) is 5.56 Å². The molecular formula is C13H19NO2. The molecule has 0 aliphatic carbocycles. The highest BCUT2D eigenvalue weighted by Gasteiger charge is 2.19. The van der Waals surface area contributed by atoms with Crippen LogP contribution in [0.3, 0.4) is 0 Å². The molecule has 1 aliphatic heterocycles. The number of morpholine rings is 1. The second kappa shape index (κ2) is 5.32. The van der Waals surface area contributed by atoms with Gasteiger partial charge in [0.05, 0.1) is 19.3 Å². The van der Waals surface area contributed by atoms with Gasteiger partial charge in [-0.3, -0.25) is 0 Å². The van der Waals surface area contributed by atoms with Crippen LogP contribution in [-0.4, -0.2) is 25.8 Å². The Balaban J connectivity index is 2.05. The third-order valence-corrected chi connectivity index (χ3v) is 2.74. The topological polar surface area (TPSA) is 30.5 Å². The standard InChI is InChI=1S/C13H19NO2/c1-3-15-12-6-4-5-11(7-12)13-8-14-10(2)9-16-13/h4-7,10,13-14H,3,8-9H2,1-2H3. The van der Waals surface area contributed by atoms with E-state index >= 15 is 0 Å². The van der Waals surface area contributed by atoms with E-state index in [9.17, 15) is 0 Å². The Kier molecular flexibility index (Phi) is 3.80. The first-order valence-electron chi connectivity index (χ1n) is 5.87. The van der Waals surface area contributed by atoms with Crippen molar-refractivity contribution in [2.75, 3.05) is 19.8 Å². The second-order valence-electron chi connectivity index (χ2n) is 4.14. The van der Waals surface area contributed by atoms with Gasteiger partial charge in [-0.15, -0.1) is 0 Å². The number of benzene rings is 1. The third kappa shape index (κ3) is 2.74. The summed E-state index contributed by atoms with van der Waals surface area (Å²) in [5.41, 5.74) is 1.19. The van der Waals surface area contributed by atoms with Crippen molar-refractivity contribution < 1.29 is 9.47 Å². The predicted molar refractivity (Wildman–Crippen MR) is 63.8 cm³/mol. The average molecular weight is 221 g/mol. The summed E-state index contributed by atoms with van der Waals surface area (Å²) in [5, 5.41) is 3.42.